The van der Waals surface area contributed by atoms with Gasteiger partial charge in [-0.2, -0.15) is 0 Å². The summed E-state index contributed by atoms with van der Waals surface area (Å²) in [5, 5.41) is 244. The summed E-state index contributed by atoms with van der Waals surface area (Å²) in [7, 11) is 0. The molecule has 7 heterocycles. The van der Waals surface area contributed by atoms with Crippen molar-refractivity contribution in [2.24, 2.45) is 0 Å². The van der Waals surface area contributed by atoms with Crippen molar-refractivity contribution in [1.29, 1.82) is 0 Å². The summed E-state index contributed by atoms with van der Waals surface area (Å²) >= 11 is 0. The van der Waals surface area contributed by atoms with Gasteiger partial charge in [0.05, 0.1) is 65.0 Å². The number of hydrogen-bond acceptors (Lipinski definition) is 40. The van der Waals surface area contributed by atoms with Crippen LogP contribution in [0.2, 0.25) is 0 Å². The van der Waals surface area contributed by atoms with Gasteiger partial charge in [-0.3, -0.25) is 24.0 Å². The molecule has 45 nitrogen and oxygen atoms in total. The molecule has 0 radical (unpaired) electrons. The van der Waals surface area contributed by atoms with E-state index in [-0.39, 0.29) is 0 Å². The highest BCUT2D eigenvalue weighted by Crippen LogP contribution is 2.39. The van der Waals surface area contributed by atoms with Crippen LogP contribution in [-0.2, 0) is 90.3 Å². The van der Waals surface area contributed by atoms with Crippen molar-refractivity contribution in [2.75, 3.05) is 52.9 Å². The summed E-state index contributed by atoms with van der Waals surface area (Å²) in [6, 6.07) is -8.81. The van der Waals surface area contributed by atoms with Gasteiger partial charge in [0.1, 0.15) is 183 Å². The summed E-state index contributed by atoms with van der Waals surface area (Å²) in [6.07, 6.45) is -67.7. The summed E-state index contributed by atoms with van der Waals surface area (Å²) < 4.78 is 82.9. The van der Waals surface area contributed by atoms with Gasteiger partial charge in [-0.1, -0.05) is 0 Å². The van der Waals surface area contributed by atoms with Crippen LogP contribution in [0.3, 0.4) is 0 Å². The molecule has 7 saturated heterocycles. The lowest BCUT2D eigenvalue weighted by Gasteiger charge is -2.51. The van der Waals surface area contributed by atoms with Crippen molar-refractivity contribution in [1.82, 2.24) is 26.6 Å². The summed E-state index contributed by atoms with van der Waals surface area (Å²) in [6.45, 7) is -2.39. The fourth-order valence-electron chi connectivity index (χ4n) is 12.9. The molecule has 0 aromatic heterocycles. The summed E-state index contributed by atoms with van der Waals surface area (Å²) in [4.78, 5) is 62.9. The van der Waals surface area contributed by atoms with Crippen LogP contribution in [0.25, 0.3) is 0 Å². The van der Waals surface area contributed by atoms with E-state index in [1.165, 1.54) is 6.92 Å². The van der Waals surface area contributed by atoms with E-state index in [9.17, 15) is 131 Å². The van der Waals surface area contributed by atoms with Crippen molar-refractivity contribution in [3.63, 3.8) is 0 Å². The number of carbonyl (C=O) groups is 5. The van der Waals surface area contributed by atoms with Gasteiger partial charge in [-0.05, 0) is 6.92 Å². The molecule has 7 fully saturated rings. The Morgan fingerprint density at radius 3 is 1.15 bits per heavy atom. The van der Waals surface area contributed by atoms with Gasteiger partial charge >= 0.3 is 0 Å². The maximum atomic E-state index is 13.1. The number of rotatable bonds is 30. The molecule has 45 heteroatoms. The predicted octanol–water partition coefficient (Wildman–Crippen LogP) is -17.1. The molecule has 0 aliphatic carbocycles. The first-order valence-corrected chi connectivity index (χ1v) is 32.9. The van der Waals surface area contributed by atoms with Crippen molar-refractivity contribution in [3.8, 4) is 0 Å². The molecule has 0 aromatic carbocycles. The van der Waals surface area contributed by atoms with E-state index in [1.807, 2.05) is 0 Å². The fraction of sp³-hybridized carbons (Fsp3) is 0.914. The molecule has 0 saturated carbocycles. The third kappa shape index (κ3) is 20.3. The van der Waals surface area contributed by atoms with Crippen LogP contribution in [0.1, 0.15) is 41.5 Å². The second-order valence-electron chi connectivity index (χ2n) is 25.8. The maximum Gasteiger partial charge on any atom is 0.217 e. The van der Waals surface area contributed by atoms with Crippen molar-refractivity contribution in [3.05, 3.63) is 0 Å². The number of aliphatic hydroxyl groups excluding tert-OH is 21. The Bertz CT molecular complexity index is 2690. The van der Waals surface area contributed by atoms with Crippen LogP contribution in [0.5, 0.6) is 0 Å². The third-order valence-corrected chi connectivity index (χ3v) is 18.3. The number of aliphatic hydroxyl groups is 21. The molecule has 596 valence electrons. The van der Waals surface area contributed by atoms with E-state index in [0.717, 1.165) is 34.6 Å². The maximum absolute atomic E-state index is 13.1. The van der Waals surface area contributed by atoms with Crippen molar-refractivity contribution < 1.29 is 198 Å². The lowest BCUT2D eigenvalue weighted by molar-refractivity contribution is -0.401. The lowest BCUT2D eigenvalue weighted by atomic mass is 9.93. The molecular weight excluding hydrogens is 1410 g/mol. The van der Waals surface area contributed by atoms with E-state index in [4.69, 9.17) is 66.3 Å². The minimum atomic E-state index is -2.42. The summed E-state index contributed by atoms with van der Waals surface area (Å²) in [5.41, 5.74) is 0. The zero-order chi connectivity index (χ0) is 76.5. The van der Waals surface area contributed by atoms with Crippen LogP contribution in [0, 0.1) is 0 Å². The Hall–Kier alpha value is -4.05. The minimum absolute atomic E-state index is 0.753. The average molecular weight is 1510 g/mol. The standard InChI is InChI=1S/C58H99N5O40/c1-15-33(77)43(87)44(88)56(91-15)103-51-50(102-54-30(61-18(4)73)40(84)36(80)24(9-66)93-54)38(82)26(11-68)95-58(51)100-48-28(13-70)97-55(32(42(48)86)63-20(6)75)101-49-37(81)25(10-67)94-57(45(49)89)98-46(21(7-64)59-16(2)71)34(78)22(76)14-90-52-31(62-19(5)74)41(85)47(27(12-69)96-52)99-53-29(60-17(3)72)39(83)35(79)23(8-65)92-53/h15,21-58,64-70,76-89H,7-14H2,1-6H3,(H,59,71)(H,60,72)(H,61,73)(H,62,74)(H,63,75)/t15-,21-,22+,23+,24+,25+,26+,27+,28+,29+,30+,31+,32+,33+,34-,35-,36-,37-,38-,39+,40+,41+,42+,43+,44-,45+,46+,47+,48+,49-,50-,51+,52+,53-,54+,55-,56-,57-,58-/m0/s1. The zero-order valence-electron chi connectivity index (χ0n) is 56.3. The fourth-order valence-corrected chi connectivity index (χ4v) is 12.9. The van der Waals surface area contributed by atoms with Gasteiger partial charge in [0.2, 0.25) is 29.5 Å². The van der Waals surface area contributed by atoms with Gasteiger partial charge in [-0.25, -0.2) is 0 Å². The van der Waals surface area contributed by atoms with Gasteiger partial charge in [0.15, 0.2) is 44.0 Å². The van der Waals surface area contributed by atoms with Gasteiger partial charge < -0.3 is 200 Å². The minimum Gasteiger partial charge on any atom is -0.394 e. The van der Waals surface area contributed by atoms with Gasteiger partial charge in [-0.15, -0.1) is 0 Å². The third-order valence-electron chi connectivity index (χ3n) is 18.3. The molecule has 103 heavy (non-hydrogen) atoms. The van der Waals surface area contributed by atoms with Crippen LogP contribution < -0.4 is 26.6 Å². The molecule has 0 spiro atoms. The molecule has 26 N–H and O–H groups in total. The Morgan fingerprint density at radius 1 is 0.350 bits per heavy atom. The Kier molecular flexibility index (Phi) is 32.1. The molecule has 7 aliphatic rings. The average Bonchev–Trinajstić information content (AvgIpc) is 0.767. The second kappa shape index (κ2) is 38.3. The highest BCUT2D eigenvalue weighted by atomic mass is 16.8. The van der Waals surface area contributed by atoms with Crippen LogP contribution in [0.15, 0.2) is 0 Å². The first-order valence-electron chi connectivity index (χ1n) is 32.9. The molecule has 0 aromatic rings. The van der Waals surface area contributed by atoms with Crippen LogP contribution in [0.4, 0.5) is 0 Å². The topological polar surface area (TPSA) is 700 Å². The SMILES string of the molecule is CC(=O)N[C@H]1[C@H](OC[C@@H](O)[C@H](O)[C@H](O[C@@H]2O[C@H](CO)[C@H](O)[C@H](O[C@@H]3O[C@H](CO)[C@@H](O[C@@H]4O[C@H](CO)[C@H](O)[C@H](O[C@H]5O[C@H](CO)[C@H](O)[C@H](O)[C@H]5NC(C)=O)[C@H]4O[C@@H]4O[C@@H](C)[C@@H](O)[C@@H](O)[C@@H]4O)[C@H](O)[C@H]3NC(C)=O)[C@H]2O)[C@H](CO)NC(C)=O)O[C@H](CO)[C@@H](O[C@@H]2O[C@H](CO)[C@H](O)[C@H](O)[C@H]2NC(C)=O)[C@@H]1O. The normalized spacial score (nSPS) is 44.3. The predicted molar refractivity (Wildman–Crippen MR) is 323 cm³/mol. The van der Waals surface area contributed by atoms with Gasteiger partial charge in [0.25, 0.3) is 0 Å². The molecule has 7 rings (SSSR count). The lowest BCUT2D eigenvalue weighted by Crippen LogP contribution is -2.71. The monoisotopic (exact) mass is 1510 g/mol. The molecule has 7 aliphatic heterocycles. The number of carbonyl (C=O) groups excluding carboxylic acids is 5. The van der Waals surface area contributed by atoms with E-state index in [2.05, 4.69) is 26.6 Å². The number of nitrogens with one attached hydrogen (secondary N) is 5. The number of hydrogen-bond donors (Lipinski definition) is 26. The van der Waals surface area contributed by atoms with Crippen LogP contribution >= 0.6 is 0 Å². The molecular formula is C58H99N5O40. The Balaban J connectivity index is 1.14. The smallest absolute Gasteiger partial charge is 0.217 e. The number of ether oxygens (including phenoxy) is 14. The first kappa shape index (κ1) is 86.2. The largest absolute Gasteiger partial charge is 0.394 e. The van der Waals surface area contributed by atoms with Crippen molar-refractivity contribution in [2.45, 2.75) is 281 Å². The van der Waals surface area contributed by atoms with E-state index in [1.54, 1.807) is 0 Å². The first-order chi connectivity index (χ1) is 48.6. The molecule has 39 atom stereocenters. The summed E-state index contributed by atoms with van der Waals surface area (Å²) in [5.74, 6) is -4.30. The molecule has 5 amide bonds. The number of amides is 5. The molecule has 0 bridgehead atoms. The quantitative estimate of drug-likeness (QED) is 0.0318. The van der Waals surface area contributed by atoms with Gasteiger partial charge in [0, 0.05) is 34.6 Å². The second-order valence-corrected chi connectivity index (χ2v) is 25.8. The molecule has 0 unspecified atom stereocenters. The highest BCUT2D eigenvalue weighted by molar-refractivity contribution is 5.75. The Morgan fingerprint density at radius 2 is 0.709 bits per heavy atom. The van der Waals surface area contributed by atoms with E-state index >= 15 is 0 Å². The highest BCUT2D eigenvalue weighted by Gasteiger charge is 2.60. The Labute approximate surface area is 585 Å². The van der Waals surface area contributed by atoms with Crippen molar-refractivity contribution >= 4 is 29.5 Å². The van der Waals surface area contributed by atoms with E-state index in [0.29, 0.717) is 0 Å². The van der Waals surface area contributed by atoms with E-state index < -0.39 is 321 Å². The zero-order valence-corrected chi connectivity index (χ0v) is 56.3. The van der Waals surface area contributed by atoms with Crippen LogP contribution in [-0.4, -0.2) is 429 Å².